The van der Waals surface area contributed by atoms with Gasteiger partial charge in [0.05, 0.1) is 12.2 Å². The minimum Gasteiger partial charge on any atom is -0.476 e. The molecule has 1 aromatic heterocycles. The summed E-state index contributed by atoms with van der Waals surface area (Å²) in [5, 5.41) is 9.30. The largest absolute Gasteiger partial charge is 0.476 e. The molecule has 94 valence electrons. The van der Waals surface area contributed by atoms with Crippen molar-refractivity contribution in [2.24, 2.45) is 0 Å². The smallest absolute Gasteiger partial charge is 0.384 e. The third-order valence-corrected chi connectivity index (χ3v) is 2.29. The van der Waals surface area contributed by atoms with E-state index < -0.39 is 11.9 Å². The van der Waals surface area contributed by atoms with Gasteiger partial charge in [-0.1, -0.05) is 17.7 Å². The third kappa shape index (κ3) is 3.75. The predicted molar refractivity (Wildman–Crippen MR) is 64.3 cm³/mol. The van der Waals surface area contributed by atoms with E-state index in [1.807, 2.05) is 0 Å². The molecular formula is C11H10N2O4S. The van der Waals surface area contributed by atoms with E-state index in [4.69, 9.17) is 5.11 Å². The van der Waals surface area contributed by atoms with Gasteiger partial charge in [0, 0.05) is 12.1 Å². The van der Waals surface area contributed by atoms with Crippen molar-refractivity contribution in [1.29, 1.82) is 0 Å². The van der Waals surface area contributed by atoms with Crippen molar-refractivity contribution in [2.75, 3.05) is 12.9 Å². The molecule has 6 nitrogen and oxygen atoms in total. The highest BCUT2D eigenvalue weighted by molar-refractivity contribution is 7.98. The van der Waals surface area contributed by atoms with Crippen LogP contribution in [0.5, 0.6) is 0 Å². The zero-order chi connectivity index (χ0) is 13.5. The fourth-order valence-corrected chi connectivity index (χ4v) is 1.34. The van der Waals surface area contributed by atoms with Gasteiger partial charge in [0.15, 0.2) is 10.9 Å². The summed E-state index contributed by atoms with van der Waals surface area (Å²) in [6.45, 7) is 1.86. The summed E-state index contributed by atoms with van der Waals surface area (Å²) in [5.41, 5.74) is -0.153. The number of thioether (sulfide) groups is 1. The highest BCUT2D eigenvalue weighted by atomic mass is 32.2. The lowest BCUT2D eigenvalue weighted by molar-refractivity contribution is -0.136. The molecule has 0 aliphatic carbocycles. The van der Waals surface area contributed by atoms with Gasteiger partial charge in [-0.3, -0.25) is 0 Å². The van der Waals surface area contributed by atoms with Crippen LogP contribution in [0.25, 0.3) is 0 Å². The molecule has 0 spiro atoms. The summed E-state index contributed by atoms with van der Waals surface area (Å²) >= 11 is 1.22. The van der Waals surface area contributed by atoms with Crippen LogP contribution in [-0.2, 0) is 9.53 Å². The van der Waals surface area contributed by atoms with Crippen LogP contribution in [0.15, 0.2) is 11.4 Å². The highest BCUT2D eigenvalue weighted by Gasteiger charge is 2.12. The normalized spacial score (nSPS) is 9.22. The van der Waals surface area contributed by atoms with Crippen molar-refractivity contribution >= 4 is 23.7 Å². The number of hydrogen-bond donors (Lipinski definition) is 1. The van der Waals surface area contributed by atoms with Crippen molar-refractivity contribution in [3.8, 4) is 11.8 Å². The van der Waals surface area contributed by atoms with E-state index in [9.17, 15) is 9.59 Å². The Balaban J connectivity index is 3.08. The first-order valence-electron chi connectivity index (χ1n) is 4.91. The first-order valence-corrected chi connectivity index (χ1v) is 6.14. The molecule has 0 aliphatic heterocycles. The molecule has 0 bridgehead atoms. The monoisotopic (exact) mass is 266 g/mol. The number of hydrogen-bond acceptors (Lipinski definition) is 6. The first-order chi connectivity index (χ1) is 8.58. The lowest BCUT2D eigenvalue weighted by Gasteiger charge is -1.99. The van der Waals surface area contributed by atoms with E-state index in [-0.39, 0.29) is 17.9 Å². The van der Waals surface area contributed by atoms with E-state index in [2.05, 4.69) is 26.5 Å². The number of carbonyl (C=O) groups is 2. The quantitative estimate of drug-likeness (QED) is 0.375. The summed E-state index contributed by atoms with van der Waals surface area (Å²) in [5.74, 6) is 2.62. The molecular weight excluding hydrogens is 256 g/mol. The molecule has 0 unspecified atom stereocenters. The van der Waals surface area contributed by atoms with Gasteiger partial charge in [0.25, 0.3) is 0 Å². The Kier molecular flexibility index (Phi) is 5.14. The standard InChI is InChI=1S/C11H10N2O4S/c1-3-17-8(14)5-4-7-6-12-11(18-2)13-9(7)10(15)16/h6H,3H2,1-2H3,(H,15,16). The molecule has 0 aromatic carbocycles. The van der Waals surface area contributed by atoms with Crippen LogP contribution in [0.3, 0.4) is 0 Å². The molecule has 0 atom stereocenters. The summed E-state index contributed by atoms with van der Waals surface area (Å²) in [7, 11) is 0. The van der Waals surface area contributed by atoms with Crippen molar-refractivity contribution in [1.82, 2.24) is 9.97 Å². The Morgan fingerprint density at radius 3 is 2.83 bits per heavy atom. The Bertz CT molecular complexity index is 534. The average molecular weight is 266 g/mol. The number of aromatic carboxylic acids is 1. The van der Waals surface area contributed by atoms with Gasteiger partial charge in [-0.05, 0) is 13.2 Å². The van der Waals surface area contributed by atoms with E-state index in [1.165, 1.54) is 18.0 Å². The molecule has 0 saturated carbocycles. The Morgan fingerprint density at radius 2 is 2.28 bits per heavy atom. The van der Waals surface area contributed by atoms with Gasteiger partial charge < -0.3 is 9.84 Å². The highest BCUT2D eigenvalue weighted by Crippen LogP contribution is 2.11. The van der Waals surface area contributed by atoms with Gasteiger partial charge in [0.1, 0.15) is 0 Å². The summed E-state index contributed by atoms with van der Waals surface area (Å²) in [6, 6.07) is 0. The maximum atomic E-state index is 11.0. The molecule has 1 heterocycles. The number of rotatable bonds is 3. The fraction of sp³-hybridized carbons (Fsp3) is 0.273. The second-order valence-electron chi connectivity index (χ2n) is 2.89. The molecule has 0 fully saturated rings. The molecule has 0 aliphatic rings. The average Bonchev–Trinajstić information content (AvgIpc) is 2.36. The van der Waals surface area contributed by atoms with Gasteiger partial charge in [0.2, 0.25) is 0 Å². The van der Waals surface area contributed by atoms with Crippen molar-refractivity contribution in [2.45, 2.75) is 12.1 Å². The van der Waals surface area contributed by atoms with Crippen molar-refractivity contribution in [3.05, 3.63) is 17.5 Å². The van der Waals surface area contributed by atoms with E-state index in [0.29, 0.717) is 5.16 Å². The Hall–Kier alpha value is -2.07. The zero-order valence-corrected chi connectivity index (χ0v) is 10.6. The van der Waals surface area contributed by atoms with Crippen LogP contribution in [0.4, 0.5) is 0 Å². The van der Waals surface area contributed by atoms with Crippen LogP contribution in [0, 0.1) is 11.8 Å². The van der Waals surface area contributed by atoms with E-state index in [0.717, 1.165) is 0 Å². The molecule has 18 heavy (non-hydrogen) atoms. The van der Waals surface area contributed by atoms with Gasteiger partial charge in [-0.2, -0.15) is 0 Å². The summed E-state index contributed by atoms with van der Waals surface area (Å²) < 4.78 is 4.60. The van der Waals surface area contributed by atoms with E-state index >= 15 is 0 Å². The lowest BCUT2D eigenvalue weighted by atomic mass is 10.2. The second kappa shape index (κ2) is 6.61. The zero-order valence-electron chi connectivity index (χ0n) is 9.76. The maximum absolute atomic E-state index is 11.0. The van der Waals surface area contributed by atoms with Crippen LogP contribution in [-0.4, -0.2) is 39.9 Å². The number of esters is 1. The molecule has 1 rings (SSSR count). The van der Waals surface area contributed by atoms with Crippen LogP contribution in [0.2, 0.25) is 0 Å². The fourth-order valence-electron chi connectivity index (χ4n) is 1.00. The predicted octanol–water partition coefficient (Wildman–Crippen LogP) is 0.811. The molecule has 0 radical (unpaired) electrons. The van der Waals surface area contributed by atoms with Crippen molar-refractivity contribution in [3.63, 3.8) is 0 Å². The number of carboxylic acid groups (broad SMARTS) is 1. The Morgan fingerprint density at radius 1 is 1.56 bits per heavy atom. The summed E-state index contributed by atoms with van der Waals surface area (Å²) in [4.78, 5) is 29.7. The van der Waals surface area contributed by atoms with Crippen LogP contribution >= 0.6 is 11.8 Å². The molecule has 0 amide bonds. The number of ether oxygens (including phenoxy) is 1. The topological polar surface area (TPSA) is 89.4 Å². The minimum absolute atomic E-state index is 0.0772. The Labute approximate surface area is 108 Å². The van der Waals surface area contributed by atoms with Gasteiger partial charge >= 0.3 is 11.9 Å². The maximum Gasteiger partial charge on any atom is 0.384 e. The SMILES string of the molecule is CCOC(=O)C#Cc1cnc(SC)nc1C(=O)O. The number of nitrogens with zero attached hydrogens (tertiary/aromatic N) is 2. The minimum atomic E-state index is -1.22. The molecule has 7 heteroatoms. The number of carboxylic acids is 1. The number of carbonyl (C=O) groups excluding carboxylic acids is 1. The molecule has 1 N–H and O–H groups in total. The van der Waals surface area contributed by atoms with Crippen molar-refractivity contribution < 1.29 is 19.4 Å². The first kappa shape index (κ1) is 14.0. The van der Waals surface area contributed by atoms with Crippen LogP contribution < -0.4 is 0 Å². The third-order valence-electron chi connectivity index (χ3n) is 1.73. The van der Waals surface area contributed by atoms with E-state index in [1.54, 1.807) is 13.2 Å². The second-order valence-corrected chi connectivity index (χ2v) is 3.67. The number of aromatic nitrogens is 2. The van der Waals surface area contributed by atoms with Gasteiger partial charge in [-0.15, -0.1) is 0 Å². The van der Waals surface area contributed by atoms with Gasteiger partial charge in [-0.25, -0.2) is 19.6 Å². The summed E-state index contributed by atoms with van der Waals surface area (Å²) in [6.07, 6.45) is 3.00. The molecule has 1 aromatic rings. The molecule has 0 saturated heterocycles. The van der Waals surface area contributed by atoms with Crippen LogP contribution in [0.1, 0.15) is 23.0 Å². The lowest BCUT2D eigenvalue weighted by Crippen LogP contribution is -2.06.